The van der Waals surface area contributed by atoms with E-state index in [1.807, 2.05) is 44.2 Å². The molecule has 2 aromatic carbocycles. The van der Waals surface area contributed by atoms with Gasteiger partial charge in [-0.1, -0.05) is 43.7 Å². The number of nitrogens with one attached hydrogen (secondary N) is 1. The number of benzene rings is 2. The lowest BCUT2D eigenvalue weighted by molar-refractivity contribution is -0.386. The molecule has 0 fully saturated rings. The normalized spacial score (nSPS) is 13.1. The van der Waals surface area contributed by atoms with Gasteiger partial charge in [0.25, 0.3) is 0 Å². The second-order valence-electron chi connectivity index (χ2n) is 6.45. The number of aliphatic hydroxyl groups is 1. The molecule has 0 saturated carbocycles. The molecule has 8 heteroatoms. The van der Waals surface area contributed by atoms with E-state index in [2.05, 4.69) is 15.3 Å². The predicted octanol–water partition coefficient (Wildman–Crippen LogP) is 4.21. The Kier molecular flexibility index (Phi) is 6.00. The molecule has 2 atom stereocenters. The van der Waals surface area contributed by atoms with Crippen LogP contribution in [-0.2, 0) is 0 Å². The van der Waals surface area contributed by atoms with E-state index in [1.165, 1.54) is 18.5 Å². The van der Waals surface area contributed by atoms with Crippen LogP contribution >= 0.6 is 0 Å². The molecule has 3 aromatic rings. The number of hydrogen-bond acceptors (Lipinski definition) is 7. The third-order valence-corrected chi connectivity index (χ3v) is 4.36. The van der Waals surface area contributed by atoms with Gasteiger partial charge in [-0.15, -0.1) is 0 Å². The summed E-state index contributed by atoms with van der Waals surface area (Å²) in [7, 11) is 0. The number of rotatable bonds is 8. The molecule has 0 bridgehead atoms. The van der Waals surface area contributed by atoms with E-state index in [-0.39, 0.29) is 17.5 Å². The van der Waals surface area contributed by atoms with Gasteiger partial charge in [0.05, 0.1) is 10.4 Å². The summed E-state index contributed by atoms with van der Waals surface area (Å²) in [6.45, 7) is 3.87. The van der Waals surface area contributed by atoms with Gasteiger partial charge < -0.3 is 15.2 Å². The van der Waals surface area contributed by atoms with Crippen molar-refractivity contribution in [2.24, 2.45) is 0 Å². The fourth-order valence-electron chi connectivity index (χ4n) is 2.91. The lowest BCUT2D eigenvalue weighted by Gasteiger charge is -2.17. The number of anilines is 1. The van der Waals surface area contributed by atoms with Crippen LogP contribution in [0.25, 0.3) is 10.9 Å². The topological polar surface area (TPSA) is 110 Å². The monoisotopic (exact) mass is 382 g/mol. The van der Waals surface area contributed by atoms with Crippen molar-refractivity contribution in [3.63, 3.8) is 0 Å². The molecule has 2 N–H and O–H groups in total. The van der Waals surface area contributed by atoms with Gasteiger partial charge in [0.15, 0.2) is 6.29 Å². The van der Waals surface area contributed by atoms with Crippen LogP contribution in [0.4, 0.5) is 11.5 Å². The van der Waals surface area contributed by atoms with E-state index >= 15 is 0 Å². The van der Waals surface area contributed by atoms with Crippen LogP contribution in [0.1, 0.15) is 38.3 Å². The molecular formula is C20H22N4O4. The van der Waals surface area contributed by atoms with Crippen LogP contribution in [0.5, 0.6) is 5.75 Å². The van der Waals surface area contributed by atoms with Gasteiger partial charge in [-0.05, 0) is 12.5 Å². The number of ether oxygens (including phenoxy) is 1. The number of aliphatic hydroxyl groups excluding tert-OH is 1. The smallest absolute Gasteiger partial charge is 0.311 e. The number of nitrogens with zero attached hydrogens (tertiary/aromatic N) is 3. The zero-order valence-electron chi connectivity index (χ0n) is 15.7. The summed E-state index contributed by atoms with van der Waals surface area (Å²) in [6.07, 6.45) is 1.34. The molecule has 0 amide bonds. The van der Waals surface area contributed by atoms with Gasteiger partial charge in [0.1, 0.15) is 12.1 Å². The van der Waals surface area contributed by atoms with Gasteiger partial charge in [-0.2, -0.15) is 0 Å². The Morgan fingerprint density at radius 1 is 1.25 bits per heavy atom. The van der Waals surface area contributed by atoms with Crippen molar-refractivity contribution in [1.82, 2.24) is 9.97 Å². The zero-order chi connectivity index (χ0) is 20.1. The van der Waals surface area contributed by atoms with E-state index in [4.69, 9.17) is 4.74 Å². The Balaban J connectivity index is 1.99. The van der Waals surface area contributed by atoms with Crippen molar-refractivity contribution in [3.8, 4) is 5.75 Å². The molecule has 28 heavy (non-hydrogen) atoms. The van der Waals surface area contributed by atoms with Crippen LogP contribution in [0.15, 0.2) is 48.8 Å². The van der Waals surface area contributed by atoms with Crippen LogP contribution in [0.2, 0.25) is 0 Å². The molecule has 0 saturated heterocycles. The number of nitro benzene ring substituents is 1. The summed E-state index contributed by atoms with van der Waals surface area (Å²) in [4.78, 5) is 19.5. The zero-order valence-corrected chi connectivity index (χ0v) is 15.7. The SMILES string of the molecule is CCCC(O)Oc1cc2ncnc(NC(C)c3ccccc3)c2cc1[N+](=O)[O-]. The minimum absolute atomic E-state index is 0.0146. The number of hydrogen-bond donors (Lipinski definition) is 2. The number of fused-ring (bicyclic) bond motifs is 1. The lowest BCUT2D eigenvalue weighted by atomic mass is 10.1. The Labute approximate surface area is 162 Å². The Morgan fingerprint density at radius 3 is 2.68 bits per heavy atom. The highest BCUT2D eigenvalue weighted by Crippen LogP contribution is 2.35. The lowest BCUT2D eigenvalue weighted by Crippen LogP contribution is -2.15. The highest BCUT2D eigenvalue weighted by atomic mass is 16.6. The fraction of sp³-hybridized carbons (Fsp3) is 0.300. The number of aromatic nitrogens is 2. The minimum atomic E-state index is -1.11. The Hall–Kier alpha value is -3.26. The summed E-state index contributed by atoms with van der Waals surface area (Å²) in [5.41, 5.74) is 1.31. The third-order valence-electron chi connectivity index (χ3n) is 4.36. The Morgan fingerprint density at radius 2 is 2.00 bits per heavy atom. The second kappa shape index (κ2) is 8.62. The minimum Gasteiger partial charge on any atom is -0.458 e. The van der Waals surface area contributed by atoms with Gasteiger partial charge in [0.2, 0.25) is 5.75 Å². The standard InChI is InChI=1S/C20H22N4O4/c1-3-7-19(25)28-18-11-16-15(10-17(18)24(26)27)20(22-12-21-16)23-13(2)14-8-5-4-6-9-14/h4-6,8-13,19,25H,3,7H2,1-2H3,(H,21,22,23). The van der Waals surface area contributed by atoms with Gasteiger partial charge in [-0.25, -0.2) is 9.97 Å². The van der Waals surface area contributed by atoms with Crippen molar-refractivity contribution in [2.75, 3.05) is 5.32 Å². The molecule has 1 aromatic heterocycles. The maximum Gasteiger partial charge on any atom is 0.311 e. The molecule has 0 aliphatic carbocycles. The van der Waals surface area contributed by atoms with E-state index in [9.17, 15) is 15.2 Å². The van der Waals surface area contributed by atoms with Crippen molar-refractivity contribution in [3.05, 3.63) is 64.5 Å². The second-order valence-corrected chi connectivity index (χ2v) is 6.45. The summed E-state index contributed by atoms with van der Waals surface area (Å²) in [6, 6.07) is 12.6. The number of nitro groups is 1. The van der Waals surface area contributed by atoms with E-state index < -0.39 is 11.2 Å². The van der Waals surface area contributed by atoms with Crippen molar-refractivity contribution in [2.45, 2.75) is 39.0 Å². The first-order chi connectivity index (χ1) is 13.5. The maximum atomic E-state index is 11.5. The van der Waals surface area contributed by atoms with Gasteiger partial charge in [-0.3, -0.25) is 10.1 Å². The maximum absolute atomic E-state index is 11.5. The van der Waals surface area contributed by atoms with Crippen LogP contribution < -0.4 is 10.1 Å². The predicted molar refractivity (Wildman–Crippen MR) is 106 cm³/mol. The van der Waals surface area contributed by atoms with Crippen molar-refractivity contribution >= 4 is 22.4 Å². The van der Waals surface area contributed by atoms with Crippen LogP contribution in [0, 0.1) is 10.1 Å². The molecule has 0 aliphatic heterocycles. The largest absolute Gasteiger partial charge is 0.458 e. The van der Waals surface area contributed by atoms with Crippen molar-refractivity contribution in [1.29, 1.82) is 0 Å². The molecule has 3 rings (SSSR count). The molecule has 8 nitrogen and oxygen atoms in total. The Bertz CT molecular complexity index is 965. The van der Waals surface area contributed by atoms with Gasteiger partial charge in [0, 0.05) is 30.0 Å². The van der Waals surface area contributed by atoms with E-state index in [1.54, 1.807) is 0 Å². The summed E-state index contributed by atoms with van der Waals surface area (Å²) >= 11 is 0. The average molecular weight is 382 g/mol. The first-order valence-corrected chi connectivity index (χ1v) is 9.09. The fourth-order valence-corrected chi connectivity index (χ4v) is 2.91. The first kappa shape index (κ1) is 19.5. The van der Waals surface area contributed by atoms with Crippen LogP contribution in [-0.4, -0.2) is 26.3 Å². The van der Waals surface area contributed by atoms with E-state index in [0.717, 1.165) is 5.56 Å². The van der Waals surface area contributed by atoms with Crippen molar-refractivity contribution < 1.29 is 14.8 Å². The van der Waals surface area contributed by atoms with Crippen LogP contribution in [0.3, 0.4) is 0 Å². The summed E-state index contributed by atoms with van der Waals surface area (Å²) in [5.74, 6) is 0.476. The highest BCUT2D eigenvalue weighted by Gasteiger charge is 2.21. The van der Waals surface area contributed by atoms with E-state index in [0.29, 0.717) is 29.6 Å². The molecule has 2 unspecified atom stereocenters. The molecule has 0 spiro atoms. The third kappa shape index (κ3) is 4.34. The summed E-state index contributed by atoms with van der Waals surface area (Å²) < 4.78 is 5.38. The quantitative estimate of drug-likeness (QED) is 0.341. The first-order valence-electron chi connectivity index (χ1n) is 9.09. The molecular weight excluding hydrogens is 360 g/mol. The average Bonchev–Trinajstić information content (AvgIpc) is 2.68. The molecule has 0 radical (unpaired) electrons. The highest BCUT2D eigenvalue weighted by molar-refractivity contribution is 5.92. The molecule has 146 valence electrons. The molecule has 0 aliphatic rings. The van der Waals surface area contributed by atoms with Gasteiger partial charge >= 0.3 is 5.69 Å². The summed E-state index contributed by atoms with van der Waals surface area (Å²) in [5, 5.41) is 25.2. The molecule has 1 heterocycles.